The molecule has 1 N–H and O–H groups in total. The molecule has 0 spiro atoms. The van der Waals surface area contributed by atoms with Crippen LogP contribution in [0.3, 0.4) is 0 Å². The molecule has 0 saturated heterocycles. The van der Waals surface area contributed by atoms with Gasteiger partial charge in [-0.15, -0.1) is 0 Å². The van der Waals surface area contributed by atoms with Gasteiger partial charge in [-0.3, -0.25) is 14.4 Å². The molecule has 0 atom stereocenters. The molecule has 2 heterocycles. The van der Waals surface area contributed by atoms with Crippen molar-refractivity contribution in [1.82, 2.24) is 9.88 Å². The van der Waals surface area contributed by atoms with E-state index in [1.165, 1.54) is 6.26 Å². The summed E-state index contributed by atoms with van der Waals surface area (Å²) in [5.41, 5.74) is 1.38. The van der Waals surface area contributed by atoms with Crippen LogP contribution in [-0.2, 0) is 21.2 Å². The highest BCUT2D eigenvalue weighted by atomic mass is 32.2. The lowest BCUT2D eigenvalue weighted by atomic mass is 9.88. The number of hydrogen-bond donors (Lipinski definition) is 1. The number of aromatic nitrogens is 1. The Bertz CT molecular complexity index is 1300. The zero-order chi connectivity index (χ0) is 23.4. The number of nitrogens with one attached hydrogen (secondary N) is 1. The first-order valence-corrected chi connectivity index (χ1v) is 13.5. The summed E-state index contributed by atoms with van der Waals surface area (Å²) in [6.45, 7) is 1.80. The summed E-state index contributed by atoms with van der Waals surface area (Å²) in [7, 11) is -3.16. The fourth-order valence-corrected chi connectivity index (χ4v) is 6.46. The monoisotopic (exact) mass is 471 g/mol. The number of carbonyl (C=O) groups is 2. The molecule has 33 heavy (non-hydrogen) atoms. The number of hydrogen-bond acceptors (Lipinski definition) is 6. The van der Waals surface area contributed by atoms with Crippen LogP contribution in [-0.4, -0.2) is 55.3 Å². The summed E-state index contributed by atoms with van der Waals surface area (Å²) < 4.78 is 25.6. The molecule has 8 nitrogen and oxygen atoms in total. The van der Waals surface area contributed by atoms with E-state index in [1.807, 2.05) is 18.2 Å². The summed E-state index contributed by atoms with van der Waals surface area (Å²) in [5.74, 6) is 0.154. The second kappa shape index (κ2) is 7.97. The maximum atomic E-state index is 13.2. The van der Waals surface area contributed by atoms with Gasteiger partial charge in [-0.1, -0.05) is 12.1 Å². The van der Waals surface area contributed by atoms with Crippen molar-refractivity contribution < 1.29 is 18.0 Å². The molecular weight excluding hydrogens is 442 g/mol. The van der Waals surface area contributed by atoms with Crippen LogP contribution in [0.4, 0.5) is 5.69 Å². The number of amides is 1. The zero-order valence-corrected chi connectivity index (χ0v) is 19.6. The lowest BCUT2D eigenvalue weighted by molar-refractivity contribution is -0.120. The van der Waals surface area contributed by atoms with Crippen LogP contribution >= 0.6 is 0 Å². The van der Waals surface area contributed by atoms with E-state index in [0.717, 1.165) is 29.4 Å². The van der Waals surface area contributed by atoms with Gasteiger partial charge >= 0.3 is 0 Å². The van der Waals surface area contributed by atoms with Crippen LogP contribution in [0.25, 0.3) is 10.9 Å². The van der Waals surface area contributed by atoms with Crippen LogP contribution in [0.15, 0.2) is 29.1 Å². The van der Waals surface area contributed by atoms with Crippen molar-refractivity contribution >= 4 is 38.1 Å². The minimum Gasteiger partial charge on any atom is -0.366 e. The molecule has 1 aromatic heterocycles. The van der Waals surface area contributed by atoms with E-state index in [4.69, 9.17) is 0 Å². The van der Waals surface area contributed by atoms with Gasteiger partial charge in [0.05, 0.1) is 16.0 Å². The average Bonchev–Trinajstić information content (AvgIpc) is 3.57. The third kappa shape index (κ3) is 3.96. The average molecular weight is 472 g/mol. The summed E-state index contributed by atoms with van der Waals surface area (Å²) in [4.78, 5) is 39.6. The molecule has 176 valence electrons. The molecule has 2 saturated carbocycles. The number of Topliss-reactive ketones (excluding diaryl/α,β-unsaturated/α-hetero) is 1. The lowest BCUT2D eigenvalue weighted by Crippen LogP contribution is -2.44. The zero-order valence-electron chi connectivity index (χ0n) is 18.8. The molecule has 1 aliphatic heterocycles. The molecule has 0 radical (unpaired) electrons. The first-order chi connectivity index (χ1) is 15.7. The molecular formula is C24H29N3O5S. The van der Waals surface area contributed by atoms with Crippen LogP contribution in [0.1, 0.15) is 48.9 Å². The predicted octanol–water partition coefficient (Wildman–Crippen LogP) is 1.89. The Kier molecular flexibility index (Phi) is 5.34. The summed E-state index contributed by atoms with van der Waals surface area (Å²) in [5, 5.41) is 3.68. The standard InChI is InChI=1S/C24H29N3O5S/c1-33(31,32)24(9-10-24)15-26-11-12-27-21-17(3-2-4-20(21)26)13-19(23(27)30)22(29)25-14-16-5-7-18(28)8-6-16/h2-4,13,16H,5-12,14-15H2,1H3,(H,25,29). The lowest BCUT2D eigenvalue weighted by Gasteiger charge is -2.34. The van der Waals surface area contributed by atoms with Crippen LogP contribution in [0, 0.1) is 5.92 Å². The molecule has 5 rings (SSSR count). The highest BCUT2D eigenvalue weighted by Crippen LogP contribution is 2.45. The molecule has 0 unspecified atom stereocenters. The van der Waals surface area contributed by atoms with E-state index in [2.05, 4.69) is 10.2 Å². The summed E-state index contributed by atoms with van der Waals surface area (Å²) >= 11 is 0. The Labute approximate surface area is 192 Å². The van der Waals surface area contributed by atoms with Gasteiger partial charge in [0.2, 0.25) is 0 Å². The maximum Gasteiger partial charge on any atom is 0.264 e. The fourth-order valence-electron chi connectivity index (χ4n) is 5.23. The van der Waals surface area contributed by atoms with Crippen molar-refractivity contribution in [1.29, 1.82) is 0 Å². The summed E-state index contributed by atoms with van der Waals surface area (Å²) in [6, 6.07) is 7.32. The number of pyridine rings is 1. The van der Waals surface area contributed by atoms with Gasteiger partial charge in [0.25, 0.3) is 11.5 Å². The fraction of sp³-hybridized carbons (Fsp3) is 0.542. The van der Waals surface area contributed by atoms with E-state index in [1.54, 1.807) is 10.6 Å². The molecule has 1 amide bonds. The number of para-hydroxylation sites is 1. The second-order valence-electron chi connectivity index (χ2n) is 9.80. The quantitative estimate of drug-likeness (QED) is 0.690. The summed E-state index contributed by atoms with van der Waals surface area (Å²) in [6.07, 6.45) is 5.30. The SMILES string of the molecule is CS(=O)(=O)C1(CN2CCn3c(=O)c(C(=O)NCC4CCC(=O)CC4)cc4cccc2c43)CC1. The normalized spacial score (nSPS) is 20.2. The minimum atomic E-state index is -3.16. The number of rotatable bonds is 6. The van der Waals surface area contributed by atoms with Gasteiger partial charge < -0.3 is 14.8 Å². The largest absolute Gasteiger partial charge is 0.366 e. The molecule has 2 aliphatic carbocycles. The molecule has 3 aliphatic rings. The number of sulfone groups is 1. The van der Waals surface area contributed by atoms with Crippen molar-refractivity contribution in [3.63, 3.8) is 0 Å². The Morgan fingerprint density at radius 2 is 1.88 bits per heavy atom. The Morgan fingerprint density at radius 1 is 1.15 bits per heavy atom. The smallest absolute Gasteiger partial charge is 0.264 e. The van der Waals surface area contributed by atoms with Gasteiger partial charge in [-0.25, -0.2) is 8.42 Å². The molecule has 9 heteroatoms. The molecule has 2 fully saturated rings. The molecule has 0 bridgehead atoms. The van der Waals surface area contributed by atoms with Gasteiger partial charge in [0.15, 0.2) is 9.84 Å². The van der Waals surface area contributed by atoms with Gasteiger partial charge in [0.1, 0.15) is 11.3 Å². The maximum absolute atomic E-state index is 13.2. The number of nitrogens with zero attached hydrogens (tertiary/aromatic N) is 2. The first-order valence-electron chi connectivity index (χ1n) is 11.6. The van der Waals surface area contributed by atoms with Crippen LogP contribution in [0.2, 0.25) is 0 Å². The van der Waals surface area contributed by atoms with Crippen LogP contribution in [0.5, 0.6) is 0 Å². The number of benzene rings is 1. The Hall–Kier alpha value is -2.68. The third-order valence-electron chi connectivity index (χ3n) is 7.56. The van der Waals surface area contributed by atoms with E-state index < -0.39 is 14.6 Å². The van der Waals surface area contributed by atoms with Crippen molar-refractivity contribution in [2.75, 3.05) is 30.8 Å². The number of carbonyl (C=O) groups excluding carboxylic acids is 2. The highest BCUT2D eigenvalue weighted by Gasteiger charge is 2.53. The van der Waals surface area contributed by atoms with Gasteiger partial charge in [-0.05, 0) is 43.7 Å². The molecule has 2 aromatic rings. The van der Waals surface area contributed by atoms with E-state index >= 15 is 0 Å². The predicted molar refractivity (Wildman–Crippen MR) is 127 cm³/mol. The Balaban J connectivity index is 1.42. The van der Waals surface area contributed by atoms with E-state index in [9.17, 15) is 22.8 Å². The second-order valence-corrected chi connectivity index (χ2v) is 12.2. The Morgan fingerprint density at radius 3 is 2.55 bits per heavy atom. The topological polar surface area (TPSA) is 106 Å². The first kappa shape index (κ1) is 22.1. The van der Waals surface area contributed by atoms with Crippen molar-refractivity contribution in [2.24, 2.45) is 5.92 Å². The van der Waals surface area contributed by atoms with Gasteiger partial charge in [-0.2, -0.15) is 0 Å². The minimum absolute atomic E-state index is 0.120. The van der Waals surface area contributed by atoms with Crippen molar-refractivity contribution in [3.8, 4) is 0 Å². The number of anilines is 1. The van der Waals surface area contributed by atoms with Gasteiger partial charge in [0, 0.05) is 50.7 Å². The number of ketones is 1. The van der Waals surface area contributed by atoms with E-state index in [0.29, 0.717) is 51.9 Å². The highest BCUT2D eigenvalue weighted by molar-refractivity contribution is 7.92. The van der Waals surface area contributed by atoms with Crippen molar-refractivity contribution in [2.45, 2.75) is 49.8 Å². The third-order valence-corrected chi connectivity index (χ3v) is 9.67. The molecule has 1 aromatic carbocycles. The van der Waals surface area contributed by atoms with Crippen LogP contribution < -0.4 is 15.8 Å². The van der Waals surface area contributed by atoms with E-state index in [-0.39, 0.29) is 28.7 Å². The van der Waals surface area contributed by atoms with Crippen molar-refractivity contribution in [3.05, 3.63) is 40.2 Å².